The lowest BCUT2D eigenvalue weighted by Crippen LogP contribution is -2.41. The number of hydrogen-bond donors (Lipinski definition) is 1. The highest BCUT2D eigenvalue weighted by molar-refractivity contribution is 8.18. The van der Waals surface area contributed by atoms with Gasteiger partial charge >= 0.3 is 0 Å². The summed E-state index contributed by atoms with van der Waals surface area (Å²) in [6.45, 7) is 1.87. The van der Waals surface area contributed by atoms with Crippen LogP contribution >= 0.6 is 23.4 Å². The summed E-state index contributed by atoms with van der Waals surface area (Å²) in [6, 6.07) is 16.0. The smallest absolute Gasteiger partial charge is 0.293 e. The first-order valence-electron chi connectivity index (χ1n) is 8.94. The van der Waals surface area contributed by atoms with E-state index in [1.165, 1.54) is 0 Å². The number of hydrogen-bond acceptors (Lipinski definition) is 5. The van der Waals surface area contributed by atoms with E-state index in [0.29, 0.717) is 15.7 Å². The first-order valence-corrected chi connectivity index (χ1v) is 10.1. The van der Waals surface area contributed by atoms with Crippen LogP contribution in [0, 0.1) is 0 Å². The molecule has 29 heavy (non-hydrogen) atoms. The summed E-state index contributed by atoms with van der Waals surface area (Å²) < 4.78 is 5.55. The largest absolute Gasteiger partial charge is 0.481 e. The average Bonchev–Trinajstić information content (AvgIpc) is 2.97. The van der Waals surface area contributed by atoms with Gasteiger partial charge in [-0.3, -0.25) is 19.3 Å². The molecule has 2 aromatic carbocycles. The zero-order valence-corrected chi connectivity index (χ0v) is 17.2. The van der Waals surface area contributed by atoms with Crippen molar-refractivity contribution >= 4 is 46.5 Å². The second-order valence-corrected chi connectivity index (χ2v) is 7.68. The zero-order chi connectivity index (χ0) is 20.8. The number of carbonyl (C=O) groups is 3. The Labute approximate surface area is 177 Å². The lowest BCUT2D eigenvalue weighted by atomic mass is 10.2. The molecular formula is C21H19ClN2O4S. The fourth-order valence-corrected chi connectivity index (χ4v) is 3.59. The van der Waals surface area contributed by atoms with Crippen LogP contribution in [0.3, 0.4) is 0 Å². The Bertz CT molecular complexity index is 931. The van der Waals surface area contributed by atoms with Crippen LogP contribution in [0.15, 0.2) is 59.5 Å². The number of nitrogens with zero attached hydrogens (tertiary/aromatic N) is 1. The summed E-state index contributed by atoms with van der Waals surface area (Å²) in [5, 5.41) is 2.92. The minimum Gasteiger partial charge on any atom is -0.481 e. The van der Waals surface area contributed by atoms with Gasteiger partial charge < -0.3 is 10.1 Å². The number of ether oxygens (including phenoxy) is 1. The predicted octanol–water partition coefficient (Wildman–Crippen LogP) is 3.96. The van der Waals surface area contributed by atoms with E-state index in [9.17, 15) is 14.4 Å². The molecule has 1 atom stereocenters. The van der Waals surface area contributed by atoms with Crippen molar-refractivity contribution in [2.75, 3.05) is 13.1 Å². The van der Waals surface area contributed by atoms with Crippen LogP contribution in [0.1, 0.15) is 12.5 Å². The number of benzene rings is 2. The number of rotatable bonds is 7. The van der Waals surface area contributed by atoms with Gasteiger partial charge in [0.15, 0.2) is 6.10 Å². The average molecular weight is 431 g/mol. The molecule has 0 saturated carbocycles. The van der Waals surface area contributed by atoms with Gasteiger partial charge in [-0.1, -0.05) is 41.9 Å². The van der Waals surface area contributed by atoms with Gasteiger partial charge in [-0.25, -0.2) is 0 Å². The van der Waals surface area contributed by atoms with Crippen LogP contribution in [0.25, 0.3) is 6.08 Å². The van der Waals surface area contributed by atoms with Gasteiger partial charge in [-0.15, -0.1) is 0 Å². The van der Waals surface area contributed by atoms with Crippen molar-refractivity contribution in [3.05, 3.63) is 70.1 Å². The summed E-state index contributed by atoms with van der Waals surface area (Å²) in [5.74, 6) is -0.108. The molecular weight excluding hydrogens is 412 g/mol. The molecule has 1 aliphatic rings. The van der Waals surface area contributed by atoms with E-state index in [4.69, 9.17) is 16.3 Å². The van der Waals surface area contributed by atoms with Crippen molar-refractivity contribution in [1.29, 1.82) is 0 Å². The molecule has 0 spiro atoms. The molecule has 1 fully saturated rings. The monoisotopic (exact) mass is 430 g/mol. The normalized spacial score (nSPS) is 16.2. The van der Waals surface area contributed by atoms with Crippen molar-refractivity contribution in [3.8, 4) is 5.75 Å². The number of imide groups is 1. The lowest BCUT2D eigenvalue weighted by Gasteiger charge is -2.16. The highest BCUT2D eigenvalue weighted by Gasteiger charge is 2.34. The fraction of sp³-hybridized carbons (Fsp3) is 0.190. The summed E-state index contributed by atoms with van der Waals surface area (Å²) in [6.07, 6.45) is 0.951. The Kier molecular flexibility index (Phi) is 6.95. The lowest BCUT2D eigenvalue weighted by molar-refractivity contribution is -0.128. The molecule has 2 aromatic rings. The Morgan fingerprint density at radius 3 is 2.55 bits per heavy atom. The fourth-order valence-electron chi connectivity index (χ4n) is 2.59. The number of halogens is 1. The van der Waals surface area contributed by atoms with Gasteiger partial charge in [0, 0.05) is 18.1 Å². The molecule has 6 nitrogen and oxygen atoms in total. The first-order chi connectivity index (χ1) is 13.9. The van der Waals surface area contributed by atoms with E-state index in [-0.39, 0.29) is 30.1 Å². The maximum atomic E-state index is 12.5. The predicted molar refractivity (Wildman–Crippen MR) is 114 cm³/mol. The van der Waals surface area contributed by atoms with E-state index < -0.39 is 6.10 Å². The third-order valence-corrected chi connectivity index (χ3v) is 5.26. The van der Waals surface area contributed by atoms with Gasteiger partial charge in [0.05, 0.1) is 4.91 Å². The summed E-state index contributed by atoms with van der Waals surface area (Å²) in [4.78, 5) is 38.3. The summed E-state index contributed by atoms with van der Waals surface area (Å²) in [7, 11) is 0. The first kappa shape index (κ1) is 21.0. The van der Waals surface area contributed by atoms with Crippen LogP contribution in [-0.4, -0.2) is 41.1 Å². The molecule has 0 bridgehead atoms. The Morgan fingerprint density at radius 1 is 1.17 bits per heavy atom. The molecule has 1 heterocycles. The number of thioether (sulfide) groups is 1. The van der Waals surface area contributed by atoms with Gasteiger partial charge in [0.25, 0.3) is 17.1 Å². The number of carbonyl (C=O) groups excluding carboxylic acids is 3. The second kappa shape index (κ2) is 9.62. The van der Waals surface area contributed by atoms with Crippen LogP contribution in [0.5, 0.6) is 5.75 Å². The SMILES string of the molecule is C[C@H](Oc1ccccc1)C(=O)NCCN1C(=O)S/C(=C\c2ccc(Cl)cc2)C1=O. The van der Waals surface area contributed by atoms with E-state index in [2.05, 4.69) is 5.32 Å². The van der Waals surface area contributed by atoms with E-state index in [1.54, 1.807) is 49.4 Å². The molecule has 150 valence electrons. The molecule has 0 radical (unpaired) electrons. The van der Waals surface area contributed by atoms with Crippen LogP contribution in [0.2, 0.25) is 5.02 Å². The molecule has 3 amide bonds. The third kappa shape index (κ3) is 5.62. The van der Waals surface area contributed by atoms with Crippen molar-refractivity contribution in [2.24, 2.45) is 0 Å². The zero-order valence-electron chi connectivity index (χ0n) is 15.6. The molecule has 0 unspecified atom stereocenters. The van der Waals surface area contributed by atoms with Crippen LogP contribution < -0.4 is 10.1 Å². The number of amides is 3. The van der Waals surface area contributed by atoms with Crippen molar-refractivity contribution in [1.82, 2.24) is 10.2 Å². The number of para-hydroxylation sites is 1. The van der Waals surface area contributed by atoms with E-state index in [1.807, 2.05) is 18.2 Å². The Hall–Kier alpha value is -2.77. The quantitative estimate of drug-likeness (QED) is 0.673. The van der Waals surface area contributed by atoms with Gasteiger partial charge in [-0.05, 0) is 54.6 Å². The maximum Gasteiger partial charge on any atom is 0.293 e. The summed E-state index contributed by atoms with van der Waals surface area (Å²) in [5.41, 5.74) is 0.778. The highest BCUT2D eigenvalue weighted by Crippen LogP contribution is 2.32. The van der Waals surface area contributed by atoms with Crippen LogP contribution in [-0.2, 0) is 9.59 Å². The second-order valence-electron chi connectivity index (χ2n) is 6.25. The molecule has 1 saturated heterocycles. The van der Waals surface area contributed by atoms with Crippen molar-refractivity contribution in [3.63, 3.8) is 0 Å². The van der Waals surface area contributed by atoms with Crippen molar-refractivity contribution in [2.45, 2.75) is 13.0 Å². The minimum absolute atomic E-state index is 0.0897. The van der Waals surface area contributed by atoms with E-state index >= 15 is 0 Å². The van der Waals surface area contributed by atoms with Crippen LogP contribution in [0.4, 0.5) is 4.79 Å². The Balaban J connectivity index is 1.51. The molecule has 3 rings (SSSR count). The molecule has 1 N–H and O–H groups in total. The molecule has 1 aliphatic heterocycles. The topological polar surface area (TPSA) is 75.7 Å². The van der Waals surface area contributed by atoms with Gasteiger partial charge in [0.2, 0.25) is 0 Å². The van der Waals surface area contributed by atoms with E-state index in [0.717, 1.165) is 22.2 Å². The third-order valence-electron chi connectivity index (χ3n) is 4.10. The maximum absolute atomic E-state index is 12.5. The molecule has 8 heteroatoms. The molecule has 0 aliphatic carbocycles. The van der Waals surface area contributed by atoms with Gasteiger partial charge in [-0.2, -0.15) is 0 Å². The standard InChI is InChI=1S/C21H19ClN2O4S/c1-14(28-17-5-3-2-4-6-17)19(25)23-11-12-24-20(26)18(29-21(24)27)13-15-7-9-16(22)10-8-15/h2-10,13-14H,11-12H2,1H3,(H,23,25)/b18-13-/t14-/m0/s1. The number of nitrogens with one attached hydrogen (secondary N) is 1. The summed E-state index contributed by atoms with van der Waals surface area (Å²) >= 11 is 6.73. The van der Waals surface area contributed by atoms with Crippen molar-refractivity contribution < 1.29 is 19.1 Å². The highest BCUT2D eigenvalue weighted by atomic mass is 35.5. The molecule has 0 aromatic heterocycles. The van der Waals surface area contributed by atoms with Gasteiger partial charge in [0.1, 0.15) is 5.75 Å². The Morgan fingerprint density at radius 2 is 1.86 bits per heavy atom. The minimum atomic E-state index is -0.697.